The second-order valence-electron chi connectivity index (χ2n) is 9.56. The van der Waals surface area contributed by atoms with Gasteiger partial charge in [0.05, 0.1) is 14.2 Å². The lowest BCUT2D eigenvalue weighted by Crippen LogP contribution is -2.63. The molecular formula is C21H30ClNO2. The molecule has 138 valence electrons. The minimum atomic E-state index is 0.277. The van der Waals surface area contributed by atoms with E-state index in [2.05, 4.69) is 19.2 Å². The average molecular weight is 364 g/mol. The zero-order valence-corrected chi connectivity index (χ0v) is 16.6. The smallest absolute Gasteiger partial charge is 0.162 e. The molecule has 0 aliphatic heterocycles. The Bertz CT molecular complexity index is 671. The highest BCUT2D eigenvalue weighted by molar-refractivity contribution is 6.31. The summed E-state index contributed by atoms with van der Waals surface area (Å²) in [4.78, 5) is 0. The van der Waals surface area contributed by atoms with Crippen molar-refractivity contribution in [2.45, 2.75) is 64.5 Å². The molecule has 0 spiro atoms. The first-order chi connectivity index (χ1) is 11.8. The molecule has 0 aromatic heterocycles. The van der Waals surface area contributed by atoms with E-state index in [1.807, 2.05) is 12.1 Å². The lowest BCUT2D eigenvalue weighted by atomic mass is 9.43. The Morgan fingerprint density at radius 2 is 1.60 bits per heavy atom. The molecule has 1 aromatic rings. The quantitative estimate of drug-likeness (QED) is 0.780. The Kier molecular flexibility index (Phi) is 4.05. The predicted molar refractivity (Wildman–Crippen MR) is 102 cm³/mol. The Morgan fingerprint density at radius 1 is 1.00 bits per heavy atom. The fourth-order valence-electron chi connectivity index (χ4n) is 6.96. The van der Waals surface area contributed by atoms with E-state index in [9.17, 15) is 0 Å². The summed E-state index contributed by atoms with van der Waals surface area (Å²) >= 11 is 6.50. The van der Waals surface area contributed by atoms with Gasteiger partial charge in [0.1, 0.15) is 0 Å². The fourth-order valence-corrected chi connectivity index (χ4v) is 7.18. The van der Waals surface area contributed by atoms with Crippen molar-refractivity contribution in [2.24, 2.45) is 16.7 Å². The van der Waals surface area contributed by atoms with Crippen molar-refractivity contribution in [1.29, 1.82) is 0 Å². The van der Waals surface area contributed by atoms with Crippen LogP contribution < -0.4 is 14.8 Å². The number of halogens is 1. The van der Waals surface area contributed by atoms with Crippen molar-refractivity contribution < 1.29 is 9.47 Å². The molecule has 4 fully saturated rings. The molecule has 4 saturated carbocycles. The van der Waals surface area contributed by atoms with Crippen LogP contribution in [0.5, 0.6) is 11.5 Å². The molecule has 3 nitrogen and oxygen atoms in total. The van der Waals surface area contributed by atoms with Gasteiger partial charge in [-0.1, -0.05) is 25.4 Å². The monoisotopic (exact) mass is 363 g/mol. The molecule has 0 amide bonds. The number of ether oxygens (including phenoxy) is 2. The SMILES string of the molecule is COc1cc(Cl)c(CNC23CC4CC(C)(CC(C)(C4)C2)C3)cc1OC. The molecule has 2 atom stereocenters. The van der Waals surface area contributed by atoms with Crippen LogP contribution in [0.2, 0.25) is 5.02 Å². The lowest BCUT2D eigenvalue weighted by molar-refractivity contribution is -0.118. The van der Waals surface area contributed by atoms with Crippen LogP contribution in [0.15, 0.2) is 12.1 Å². The third kappa shape index (κ3) is 3.04. The van der Waals surface area contributed by atoms with E-state index >= 15 is 0 Å². The number of hydrogen-bond donors (Lipinski definition) is 1. The van der Waals surface area contributed by atoms with Gasteiger partial charge < -0.3 is 14.8 Å². The van der Waals surface area contributed by atoms with E-state index in [4.69, 9.17) is 21.1 Å². The molecular weight excluding hydrogens is 334 g/mol. The van der Waals surface area contributed by atoms with Crippen molar-refractivity contribution in [2.75, 3.05) is 14.2 Å². The van der Waals surface area contributed by atoms with Gasteiger partial charge in [-0.3, -0.25) is 0 Å². The highest BCUT2D eigenvalue weighted by atomic mass is 35.5. The van der Waals surface area contributed by atoms with Gasteiger partial charge in [0.25, 0.3) is 0 Å². The van der Waals surface area contributed by atoms with E-state index in [1.165, 1.54) is 38.5 Å². The van der Waals surface area contributed by atoms with E-state index in [1.54, 1.807) is 14.2 Å². The molecule has 0 heterocycles. The highest BCUT2D eigenvalue weighted by Gasteiger charge is 2.59. The van der Waals surface area contributed by atoms with E-state index in [0.717, 1.165) is 28.8 Å². The minimum absolute atomic E-state index is 0.277. The summed E-state index contributed by atoms with van der Waals surface area (Å²) in [5.41, 5.74) is 2.40. The molecule has 5 rings (SSSR count). The normalized spacial score (nSPS) is 38.8. The van der Waals surface area contributed by atoms with Gasteiger partial charge in [-0.15, -0.1) is 0 Å². The summed E-state index contributed by atoms with van der Waals surface area (Å²) in [5, 5.41) is 4.69. The van der Waals surface area contributed by atoms with Gasteiger partial charge >= 0.3 is 0 Å². The molecule has 0 radical (unpaired) electrons. The number of benzene rings is 1. The summed E-state index contributed by atoms with van der Waals surface area (Å²) < 4.78 is 10.8. The minimum Gasteiger partial charge on any atom is -0.493 e. The van der Waals surface area contributed by atoms with Crippen LogP contribution >= 0.6 is 11.6 Å². The molecule has 1 N–H and O–H groups in total. The van der Waals surface area contributed by atoms with Crippen LogP contribution in [0.1, 0.15) is 57.9 Å². The van der Waals surface area contributed by atoms with Gasteiger partial charge in [0.15, 0.2) is 11.5 Å². The third-order valence-electron chi connectivity index (χ3n) is 6.83. The first-order valence-electron chi connectivity index (χ1n) is 9.43. The fraction of sp³-hybridized carbons (Fsp3) is 0.714. The predicted octanol–water partition coefficient (Wildman–Crippen LogP) is 5.20. The molecule has 4 bridgehead atoms. The first kappa shape index (κ1) is 17.5. The molecule has 4 aliphatic carbocycles. The summed E-state index contributed by atoms with van der Waals surface area (Å²) in [6.45, 7) is 5.81. The van der Waals surface area contributed by atoms with E-state index in [0.29, 0.717) is 16.6 Å². The van der Waals surface area contributed by atoms with Gasteiger partial charge in [0.2, 0.25) is 0 Å². The second kappa shape index (κ2) is 5.79. The molecule has 4 aliphatic rings. The van der Waals surface area contributed by atoms with Crippen LogP contribution in [0.3, 0.4) is 0 Å². The Balaban J connectivity index is 1.56. The van der Waals surface area contributed by atoms with Gasteiger partial charge in [0, 0.05) is 23.2 Å². The second-order valence-corrected chi connectivity index (χ2v) is 9.97. The van der Waals surface area contributed by atoms with Crippen molar-refractivity contribution in [1.82, 2.24) is 5.32 Å². The molecule has 2 unspecified atom stereocenters. The van der Waals surface area contributed by atoms with Gasteiger partial charge in [-0.25, -0.2) is 0 Å². The van der Waals surface area contributed by atoms with Crippen molar-refractivity contribution in [3.8, 4) is 11.5 Å². The molecule has 0 saturated heterocycles. The summed E-state index contributed by atoms with van der Waals surface area (Å²) in [5.74, 6) is 2.32. The highest BCUT2D eigenvalue weighted by Crippen LogP contribution is 2.66. The lowest BCUT2D eigenvalue weighted by Gasteiger charge is -2.65. The Morgan fingerprint density at radius 3 is 2.16 bits per heavy atom. The van der Waals surface area contributed by atoms with Crippen molar-refractivity contribution in [3.05, 3.63) is 22.7 Å². The van der Waals surface area contributed by atoms with Crippen LogP contribution in [0.25, 0.3) is 0 Å². The standard InChI is InChI=1S/C21H30ClNO2/c1-19-7-14-8-20(2,11-19)13-21(9-14,12-19)23-10-15-5-17(24-3)18(25-4)6-16(15)22/h5-6,14,23H,7-13H2,1-4H3. The largest absolute Gasteiger partial charge is 0.493 e. The van der Waals surface area contributed by atoms with Crippen LogP contribution in [0.4, 0.5) is 0 Å². The maximum atomic E-state index is 6.50. The van der Waals surface area contributed by atoms with Gasteiger partial charge in [-0.2, -0.15) is 0 Å². The zero-order chi connectivity index (χ0) is 17.9. The summed E-state index contributed by atoms with van der Waals surface area (Å²) in [6.07, 6.45) is 8.17. The topological polar surface area (TPSA) is 30.5 Å². The molecule has 1 aromatic carbocycles. The third-order valence-corrected chi connectivity index (χ3v) is 7.18. The maximum Gasteiger partial charge on any atom is 0.162 e. The molecule has 25 heavy (non-hydrogen) atoms. The maximum absolute atomic E-state index is 6.50. The molecule has 4 heteroatoms. The van der Waals surface area contributed by atoms with Crippen LogP contribution in [0, 0.1) is 16.7 Å². The van der Waals surface area contributed by atoms with E-state index < -0.39 is 0 Å². The zero-order valence-electron chi connectivity index (χ0n) is 15.9. The Hall–Kier alpha value is -0.930. The number of nitrogens with one attached hydrogen (secondary N) is 1. The summed E-state index contributed by atoms with van der Waals surface area (Å²) in [6, 6.07) is 3.87. The van der Waals surface area contributed by atoms with E-state index in [-0.39, 0.29) is 5.54 Å². The van der Waals surface area contributed by atoms with Crippen LogP contribution in [-0.2, 0) is 6.54 Å². The van der Waals surface area contributed by atoms with Crippen molar-refractivity contribution >= 4 is 11.6 Å². The van der Waals surface area contributed by atoms with Crippen molar-refractivity contribution in [3.63, 3.8) is 0 Å². The average Bonchev–Trinajstić information content (AvgIpc) is 2.49. The van der Waals surface area contributed by atoms with Gasteiger partial charge in [-0.05, 0) is 66.9 Å². The Labute approximate surface area is 156 Å². The summed E-state index contributed by atoms with van der Waals surface area (Å²) in [7, 11) is 3.31. The van der Waals surface area contributed by atoms with Crippen LogP contribution in [-0.4, -0.2) is 19.8 Å². The number of hydrogen-bond acceptors (Lipinski definition) is 3. The number of rotatable bonds is 5. The first-order valence-corrected chi connectivity index (χ1v) is 9.81. The number of methoxy groups -OCH3 is 2.